The van der Waals surface area contributed by atoms with E-state index >= 15 is 0 Å². The van der Waals surface area contributed by atoms with Crippen LogP contribution in [0.2, 0.25) is 0 Å². The zero-order valence-corrected chi connectivity index (χ0v) is 14.8. The molecule has 21 heavy (non-hydrogen) atoms. The topological polar surface area (TPSA) is 72.2 Å². The quantitative estimate of drug-likeness (QED) is 0.723. The molecular formula is C17H34N2O2. The molecule has 0 aliphatic heterocycles. The van der Waals surface area contributed by atoms with Gasteiger partial charge in [-0.3, -0.25) is 9.59 Å². The lowest BCUT2D eigenvalue weighted by Gasteiger charge is -2.26. The Balaban J connectivity index is 4.70. The van der Waals surface area contributed by atoms with Gasteiger partial charge >= 0.3 is 0 Å². The zero-order valence-electron chi connectivity index (χ0n) is 14.8. The third-order valence-electron chi connectivity index (χ3n) is 3.99. The second kappa shape index (κ2) is 8.52. The largest absolute Gasteiger partial charge is 0.345 e. The fourth-order valence-electron chi connectivity index (χ4n) is 2.03. The summed E-state index contributed by atoms with van der Waals surface area (Å²) in [6.45, 7) is 14.2. The third kappa shape index (κ3) is 7.60. The lowest BCUT2D eigenvalue weighted by Crippen LogP contribution is -2.52. The minimum atomic E-state index is -0.549. The molecule has 0 aliphatic rings. The summed E-state index contributed by atoms with van der Waals surface area (Å²) >= 11 is 0. The number of rotatable bonds is 8. The van der Waals surface area contributed by atoms with E-state index in [4.69, 9.17) is 5.73 Å². The highest BCUT2D eigenvalue weighted by Gasteiger charge is 2.28. The molecular weight excluding hydrogens is 264 g/mol. The molecule has 0 heterocycles. The third-order valence-corrected chi connectivity index (χ3v) is 3.99. The summed E-state index contributed by atoms with van der Waals surface area (Å²) in [6.07, 6.45) is 2.16. The van der Waals surface area contributed by atoms with E-state index in [9.17, 15) is 9.59 Å². The zero-order chi connectivity index (χ0) is 16.8. The predicted octanol–water partition coefficient (Wildman–Crippen LogP) is 2.90. The van der Waals surface area contributed by atoms with Gasteiger partial charge in [-0.1, -0.05) is 54.9 Å². The van der Waals surface area contributed by atoms with Gasteiger partial charge in [0.15, 0.2) is 5.78 Å². The van der Waals surface area contributed by atoms with Crippen molar-refractivity contribution in [3.63, 3.8) is 0 Å². The van der Waals surface area contributed by atoms with Crippen LogP contribution in [0, 0.1) is 17.3 Å². The van der Waals surface area contributed by atoms with Gasteiger partial charge in [-0.05, 0) is 23.7 Å². The van der Waals surface area contributed by atoms with E-state index in [0.717, 1.165) is 12.8 Å². The highest BCUT2D eigenvalue weighted by Crippen LogP contribution is 2.22. The van der Waals surface area contributed by atoms with Crippen LogP contribution in [0.1, 0.15) is 67.7 Å². The van der Waals surface area contributed by atoms with E-state index in [0.29, 0.717) is 6.42 Å². The molecule has 4 heteroatoms. The van der Waals surface area contributed by atoms with Crippen LogP contribution < -0.4 is 11.1 Å². The van der Waals surface area contributed by atoms with Crippen LogP contribution in [0.15, 0.2) is 0 Å². The maximum atomic E-state index is 12.4. The van der Waals surface area contributed by atoms with E-state index in [-0.39, 0.29) is 28.9 Å². The summed E-state index contributed by atoms with van der Waals surface area (Å²) in [5.74, 6) is 0.0739. The van der Waals surface area contributed by atoms with E-state index in [2.05, 4.69) is 26.1 Å². The van der Waals surface area contributed by atoms with Gasteiger partial charge in [-0.2, -0.15) is 0 Å². The Bertz CT molecular complexity index is 345. The molecule has 0 spiro atoms. The van der Waals surface area contributed by atoms with Gasteiger partial charge in [0.1, 0.15) is 0 Å². The first-order valence-electron chi connectivity index (χ1n) is 8.08. The fourth-order valence-corrected chi connectivity index (χ4v) is 2.03. The Hall–Kier alpha value is -0.900. The number of nitrogens with two attached hydrogens (primary N) is 1. The van der Waals surface area contributed by atoms with Crippen molar-refractivity contribution in [1.29, 1.82) is 0 Å². The van der Waals surface area contributed by atoms with E-state index in [1.54, 1.807) is 0 Å². The van der Waals surface area contributed by atoms with Crippen molar-refractivity contribution in [2.75, 3.05) is 0 Å². The maximum Gasteiger partial charge on any atom is 0.237 e. The van der Waals surface area contributed by atoms with Crippen LogP contribution in [0.4, 0.5) is 0 Å². The molecule has 0 aromatic heterocycles. The summed E-state index contributed by atoms with van der Waals surface area (Å²) in [7, 11) is 0. The van der Waals surface area contributed by atoms with Crippen LogP contribution >= 0.6 is 0 Å². The SMILES string of the molecule is CCC(C)C(N)C(=O)NC(C(=O)CCC(C)(C)C)C(C)C. The van der Waals surface area contributed by atoms with Crippen LogP contribution in [-0.4, -0.2) is 23.8 Å². The van der Waals surface area contributed by atoms with Crippen LogP contribution in [0.5, 0.6) is 0 Å². The van der Waals surface area contributed by atoms with Crippen molar-refractivity contribution < 1.29 is 9.59 Å². The molecule has 0 rings (SSSR count). The van der Waals surface area contributed by atoms with Crippen molar-refractivity contribution in [3.05, 3.63) is 0 Å². The average Bonchev–Trinajstić information content (AvgIpc) is 2.38. The minimum absolute atomic E-state index is 0.0746. The average molecular weight is 298 g/mol. The number of nitrogens with one attached hydrogen (secondary N) is 1. The number of Topliss-reactive ketones (excluding diaryl/α,β-unsaturated/α-hetero) is 1. The summed E-state index contributed by atoms with van der Waals surface area (Å²) in [6, 6.07) is -0.985. The number of ketones is 1. The van der Waals surface area contributed by atoms with Crippen molar-refractivity contribution >= 4 is 11.7 Å². The first-order valence-corrected chi connectivity index (χ1v) is 8.08. The van der Waals surface area contributed by atoms with Crippen LogP contribution in [0.25, 0.3) is 0 Å². The van der Waals surface area contributed by atoms with Gasteiger partial charge in [-0.25, -0.2) is 0 Å². The normalized spacial score (nSPS) is 16.4. The summed E-state index contributed by atoms with van der Waals surface area (Å²) < 4.78 is 0. The molecule has 3 atom stereocenters. The number of amides is 1. The number of hydrogen-bond acceptors (Lipinski definition) is 3. The molecule has 0 aromatic carbocycles. The molecule has 0 saturated heterocycles. The smallest absolute Gasteiger partial charge is 0.237 e. The first kappa shape index (κ1) is 20.1. The van der Waals surface area contributed by atoms with E-state index in [1.807, 2.05) is 27.7 Å². The van der Waals surface area contributed by atoms with Gasteiger partial charge in [0, 0.05) is 6.42 Å². The maximum absolute atomic E-state index is 12.4. The number of hydrogen-bond donors (Lipinski definition) is 2. The number of carbonyl (C=O) groups is 2. The van der Waals surface area contributed by atoms with Crippen LogP contribution in [-0.2, 0) is 9.59 Å². The highest BCUT2D eigenvalue weighted by molar-refractivity contribution is 5.91. The Morgan fingerprint density at radius 1 is 1.14 bits per heavy atom. The fraction of sp³-hybridized carbons (Fsp3) is 0.882. The molecule has 1 amide bonds. The van der Waals surface area contributed by atoms with Crippen LogP contribution in [0.3, 0.4) is 0 Å². The Morgan fingerprint density at radius 3 is 2.05 bits per heavy atom. The molecule has 3 unspecified atom stereocenters. The van der Waals surface area contributed by atoms with Crippen molar-refractivity contribution in [2.45, 2.75) is 79.8 Å². The molecule has 0 fully saturated rings. The molecule has 0 bridgehead atoms. The Morgan fingerprint density at radius 2 is 1.67 bits per heavy atom. The van der Waals surface area contributed by atoms with Gasteiger partial charge in [0.25, 0.3) is 0 Å². The Kier molecular flexibility index (Phi) is 8.16. The second-order valence-corrected chi connectivity index (χ2v) is 7.67. The highest BCUT2D eigenvalue weighted by atomic mass is 16.2. The molecule has 0 aromatic rings. The molecule has 0 saturated carbocycles. The van der Waals surface area contributed by atoms with Gasteiger partial charge in [0.2, 0.25) is 5.91 Å². The summed E-state index contributed by atoms with van der Waals surface area (Å²) in [4.78, 5) is 24.5. The van der Waals surface area contributed by atoms with E-state index in [1.165, 1.54) is 0 Å². The lowest BCUT2D eigenvalue weighted by molar-refractivity contribution is -0.130. The summed E-state index contributed by atoms with van der Waals surface area (Å²) in [5.41, 5.74) is 6.06. The minimum Gasteiger partial charge on any atom is -0.345 e. The monoisotopic (exact) mass is 298 g/mol. The summed E-state index contributed by atoms with van der Waals surface area (Å²) in [5, 5.41) is 2.85. The van der Waals surface area contributed by atoms with Crippen molar-refractivity contribution in [3.8, 4) is 0 Å². The predicted molar refractivity (Wildman–Crippen MR) is 87.9 cm³/mol. The number of carbonyl (C=O) groups excluding carboxylic acids is 2. The Labute approximate surface area is 130 Å². The molecule has 3 N–H and O–H groups in total. The molecule has 0 radical (unpaired) electrons. The molecule has 0 aliphatic carbocycles. The standard InChI is InChI=1S/C17H34N2O2/c1-8-12(4)14(18)16(21)19-15(11(2)3)13(20)9-10-17(5,6)7/h11-12,14-15H,8-10,18H2,1-7H3,(H,19,21). The van der Waals surface area contributed by atoms with Gasteiger partial charge in [-0.15, -0.1) is 0 Å². The first-order chi connectivity index (χ1) is 9.49. The van der Waals surface area contributed by atoms with Crippen molar-refractivity contribution in [2.24, 2.45) is 23.0 Å². The molecule has 124 valence electrons. The second-order valence-electron chi connectivity index (χ2n) is 7.67. The molecule has 4 nitrogen and oxygen atoms in total. The lowest BCUT2D eigenvalue weighted by atomic mass is 9.86. The van der Waals surface area contributed by atoms with Crippen molar-refractivity contribution in [1.82, 2.24) is 5.32 Å². The van der Waals surface area contributed by atoms with Gasteiger partial charge in [0.05, 0.1) is 12.1 Å². The van der Waals surface area contributed by atoms with E-state index < -0.39 is 12.1 Å². The van der Waals surface area contributed by atoms with Gasteiger partial charge < -0.3 is 11.1 Å².